The van der Waals surface area contributed by atoms with Crippen molar-refractivity contribution in [3.8, 4) is 0 Å². The Morgan fingerprint density at radius 1 is 1.35 bits per heavy atom. The predicted octanol–water partition coefficient (Wildman–Crippen LogP) is 3.06. The van der Waals surface area contributed by atoms with Crippen molar-refractivity contribution in [3.05, 3.63) is 45.9 Å². The summed E-state index contributed by atoms with van der Waals surface area (Å²) < 4.78 is 4.94. The van der Waals surface area contributed by atoms with Crippen LogP contribution in [0.3, 0.4) is 0 Å². The fourth-order valence-electron chi connectivity index (χ4n) is 2.67. The standard InChI is InChI=1S/C17H18N2O3S/c1-2-22-17(21)11-3-6-13(7-4-11)19-16(20)12-5-8-14-15(9-12)23-10-18-14/h3-4,6-7,10,12H,2,5,8-9H2,1H3,(H,19,20). The van der Waals surface area contributed by atoms with Crippen LogP contribution in [0.4, 0.5) is 5.69 Å². The van der Waals surface area contributed by atoms with Gasteiger partial charge in [-0.3, -0.25) is 4.79 Å². The average Bonchev–Trinajstić information content (AvgIpc) is 3.03. The Morgan fingerprint density at radius 2 is 2.13 bits per heavy atom. The lowest BCUT2D eigenvalue weighted by molar-refractivity contribution is -0.120. The van der Waals surface area contributed by atoms with Crippen LogP contribution < -0.4 is 5.32 Å². The highest BCUT2D eigenvalue weighted by Gasteiger charge is 2.26. The number of anilines is 1. The van der Waals surface area contributed by atoms with Crippen molar-refractivity contribution in [3.63, 3.8) is 0 Å². The Bertz CT molecular complexity index is 709. The second kappa shape index (κ2) is 6.91. The van der Waals surface area contributed by atoms with E-state index in [1.165, 1.54) is 4.88 Å². The minimum Gasteiger partial charge on any atom is -0.462 e. The molecule has 23 heavy (non-hydrogen) atoms. The number of rotatable bonds is 4. The van der Waals surface area contributed by atoms with Gasteiger partial charge in [0.2, 0.25) is 5.91 Å². The molecule has 1 unspecified atom stereocenters. The lowest BCUT2D eigenvalue weighted by Gasteiger charge is -2.20. The van der Waals surface area contributed by atoms with Gasteiger partial charge >= 0.3 is 5.97 Å². The van der Waals surface area contributed by atoms with Crippen molar-refractivity contribution < 1.29 is 14.3 Å². The number of ether oxygens (including phenoxy) is 1. The normalized spacial score (nSPS) is 16.5. The van der Waals surface area contributed by atoms with Gasteiger partial charge in [-0.15, -0.1) is 11.3 Å². The first-order chi connectivity index (χ1) is 11.2. The molecule has 0 aliphatic heterocycles. The van der Waals surface area contributed by atoms with Gasteiger partial charge in [0, 0.05) is 16.5 Å². The number of amides is 1. The molecule has 1 aromatic carbocycles. The molecule has 0 saturated carbocycles. The molecule has 1 N–H and O–H groups in total. The van der Waals surface area contributed by atoms with Gasteiger partial charge in [0.05, 0.1) is 23.4 Å². The second-order valence-electron chi connectivity index (χ2n) is 5.45. The molecule has 2 aromatic rings. The van der Waals surface area contributed by atoms with Gasteiger partial charge in [-0.25, -0.2) is 9.78 Å². The lowest BCUT2D eigenvalue weighted by atomic mass is 9.90. The van der Waals surface area contributed by atoms with Crippen LogP contribution in [0.5, 0.6) is 0 Å². The summed E-state index contributed by atoms with van der Waals surface area (Å²) in [4.78, 5) is 29.5. The highest BCUT2D eigenvalue weighted by molar-refractivity contribution is 7.09. The highest BCUT2D eigenvalue weighted by Crippen LogP contribution is 2.28. The molecule has 3 rings (SSSR count). The van der Waals surface area contributed by atoms with Crippen molar-refractivity contribution >= 4 is 28.9 Å². The number of fused-ring (bicyclic) bond motifs is 1. The van der Waals surface area contributed by atoms with Gasteiger partial charge in [0.1, 0.15) is 0 Å². The Kier molecular flexibility index (Phi) is 4.71. The number of esters is 1. The van der Waals surface area contributed by atoms with E-state index in [-0.39, 0.29) is 17.8 Å². The van der Waals surface area contributed by atoms with Crippen LogP contribution in [-0.2, 0) is 22.4 Å². The van der Waals surface area contributed by atoms with Crippen LogP contribution in [0.25, 0.3) is 0 Å². The van der Waals surface area contributed by atoms with E-state index in [4.69, 9.17) is 4.74 Å². The number of aryl methyl sites for hydroxylation is 1. The molecule has 1 amide bonds. The average molecular weight is 330 g/mol. The predicted molar refractivity (Wildman–Crippen MR) is 88.7 cm³/mol. The minimum atomic E-state index is -0.351. The van der Waals surface area contributed by atoms with Crippen LogP contribution >= 0.6 is 11.3 Å². The third-order valence-electron chi connectivity index (χ3n) is 3.92. The second-order valence-corrected chi connectivity index (χ2v) is 6.39. The fourth-order valence-corrected chi connectivity index (χ4v) is 3.57. The van der Waals surface area contributed by atoms with Crippen molar-refractivity contribution in [1.82, 2.24) is 4.98 Å². The van der Waals surface area contributed by atoms with Gasteiger partial charge in [0.25, 0.3) is 0 Å². The van der Waals surface area contributed by atoms with E-state index in [9.17, 15) is 9.59 Å². The first kappa shape index (κ1) is 15.7. The highest BCUT2D eigenvalue weighted by atomic mass is 32.1. The molecule has 1 aliphatic carbocycles. The third kappa shape index (κ3) is 3.59. The number of nitrogens with zero attached hydrogens (tertiary/aromatic N) is 1. The van der Waals surface area contributed by atoms with E-state index in [1.54, 1.807) is 42.5 Å². The largest absolute Gasteiger partial charge is 0.462 e. The van der Waals surface area contributed by atoms with E-state index < -0.39 is 0 Å². The van der Waals surface area contributed by atoms with Gasteiger partial charge in [-0.1, -0.05) is 0 Å². The number of aromatic nitrogens is 1. The molecule has 120 valence electrons. The molecule has 0 saturated heterocycles. The Balaban J connectivity index is 1.61. The van der Waals surface area contributed by atoms with Gasteiger partial charge in [0.15, 0.2) is 0 Å². The maximum Gasteiger partial charge on any atom is 0.338 e. The van der Waals surface area contributed by atoms with E-state index in [2.05, 4.69) is 10.3 Å². The monoisotopic (exact) mass is 330 g/mol. The summed E-state index contributed by atoms with van der Waals surface area (Å²) in [5, 5.41) is 2.93. The summed E-state index contributed by atoms with van der Waals surface area (Å²) in [7, 11) is 0. The molecule has 6 heteroatoms. The number of carbonyl (C=O) groups is 2. The molecular formula is C17H18N2O3S. The van der Waals surface area contributed by atoms with Crippen molar-refractivity contribution in [1.29, 1.82) is 0 Å². The van der Waals surface area contributed by atoms with Crippen molar-refractivity contribution in [2.24, 2.45) is 5.92 Å². The van der Waals surface area contributed by atoms with Gasteiger partial charge in [-0.05, 0) is 50.5 Å². The van der Waals surface area contributed by atoms with Gasteiger partial charge < -0.3 is 10.1 Å². The van der Waals surface area contributed by atoms with Crippen LogP contribution in [0, 0.1) is 5.92 Å². The maximum absolute atomic E-state index is 12.4. The SMILES string of the molecule is CCOC(=O)c1ccc(NC(=O)C2CCc3ncsc3C2)cc1. The number of thiazole rings is 1. The number of benzene rings is 1. The molecule has 0 radical (unpaired) electrons. The molecule has 1 heterocycles. The summed E-state index contributed by atoms with van der Waals surface area (Å²) in [6, 6.07) is 6.78. The van der Waals surface area contributed by atoms with Crippen LogP contribution in [0.15, 0.2) is 29.8 Å². The smallest absolute Gasteiger partial charge is 0.338 e. The molecule has 1 aromatic heterocycles. The van der Waals surface area contributed by atoms with E-state index in [0.717, 1.165) is 25.0 Å². The summed E-state index contributed by atoms with van der Waals surface area (Å²) >= 11 is 1.62. The number of hydrogen-bond donors (Lipinski definition) is 1. The van der Waals surface area contributed by atoms with Crippen molar-refractivity contribution in [2.45, 2.75) is 26.2 Å². The first-order valence-corrected chi connectivity index (χ1v) is 8.54. The lowest BCUT2D eigenvalue weighted by Crippen LogP contribution is -2.27. The zero-order valence-electron chi connectivity index (χ0n) is 12.9. The van der Waals surface area contributed by atoms with Crippen LogP contribution in [0.1, 0.15) is 34.3 Å². The summed E-state index contributed by atoms with van der Waals surface area (Å²) in [6.45, 7) is 2.11. The molecule has 1 atom stereocenters. The zero-order valence-corrected chi connectivity index (χ0v) is 13.7. The topological polar surface area (TPSA) is 68.3 Å². The molecule has 0 fully saturated rings. The minimum absolute atomic E-state index is 0.0207. The first-order valence-electron chi connectivity index (χ1n) is 7.66. The summed E-state index contributed by atoms with van der Waals surface area (Å²) in [5.74, 6) is -0.351. The Labute approximate surface area is 138 Å². The van der Waals surface area contributed by atoms with E-state index >= 15 is 0 Å². The Morgan fingerprint density at radius 3 is 2.87 bits per heavy atom. The number of hydrogen-bond acceptors (Lipinski definition) is 5. The molecular weight excluding hydrogens is 312 g/mol. The maximum atomic E-state index is 12.4. The quantitative estimate of drug-likeness (QED) is 0.875. The van der Waals surface area contributed by atoms with Gasteiger partial charge in [-0.2, -0.15) is 0 Å². The fraction of sp³-hybridized carbons (Fsp3) is 0.353. The van der Waals surface area contributed by atoms with Crippen LogP contribution in [-0.4, -0.2) is 23.5 Å². The Hall–Kier alpha value is -2.21. The third-order valence-corrected chi connectivity index (χ3v) is 4.82. The molecule has 0 bridgehead atoms. The van der Waals surface area contributed by atoms with E-state index in [0.29, 0.717) is 17.9 Å². The summed E-state index contributed by atoms with van der Waals surface area (Å²) in [5.41, 5.74) is 4.16. The molecule has 5 nitrogen and oxygen atoms in total. The molecule has 1 aliphatic rings. The molecule has 0 spiro atoms. The summed E-state index contributed by atoms with van der Waals surface area (Å²) in [6.07, 6.45) is 2.44. The number of carbonyl (C=O) groups excluding carboxylic acids is 2. The van der Waals surface area contributed by atoms with Crippen molar-refractivity contribution in [2.75, 3.05) is 11.9 Å². The van der Waals surface area contributed by atoms with Crippen LogP contribution in [0.2, 0.25) is 0 Å². The van der Waals surface area contributed by atoms with E-state index in [1.807, 2.05) is 5.51 Å². The zero-order chi connectivity index (χ0) is 16.2. The number of nitrogens with one attached hydrogen (secondary N) is 1.